The number of nitrogen functional groups attached to an aromatic ring is 1. The zero-order valence-electron chi connectivity index (χ0n) is 10.7. The van der Waals surface area contributed by atoms with Crippen LogP contribution in [0.1, 0.15) is 9.67 Å². The first-order chi connectivity index (χ1) is 9.70. The van der Waals surface area contributed by atoms with E-state index in [0.717, 1.165) is 21.3 Å². The predicted molar refractivity (Wildman–Crippen MR) is 78.6 cm³/mol. The molecule has 6 heteroatoms. The predicted octanol–water partition coefficient (Wildman–Crippen LogP) is 2.73. The minimum absolute atomic E-state index is 0.391. The van der Waals surface area contributed by atoms with Gasteiger partial charge in [0.05, 0.1) is 12.8 Å². The topological polar surface area (TPSA) is 78.1 Å². The molecule has 0 aliphatic rings. The summed E-state index contributed by atoms with van der Waals surface area (Å²) in [7, 11) is 1.34. The van der Waals surface area contributed by atoms with Crippen molar-refractivity contribution in [2.24, 2.45) is 0 Å². The molecule has 0 fully saturated rings. The van der Waals surface area contributed by atoms with Crippen LogP contribution in [0.3, 0.4) is 0 Å². The Morgan fingerprint density at radius 1 is 1.30 bits per heavy atom. The third kappa shape index (κ3) is 2.00. The first-order valence-corrected chi connectivity index (χ1v) is 6.69. The molecule has 0 saturated carbocycles. The lowest BCUT2D eigenvalue weighted by molar-refractivity contribution is 0.0607. The highest BCUT2D eigenvalue weighted by Gasteiger charge is 2.18. The van der Waals surface area contributed by atoms with Crippen LogP contribution in [0.5, 0.6) is 0 Å². The number of rotatable bonds is 2. The quantitative estimate of drug-likeness (QED) is 0.732. The van der Waals surface area contributed by atoms with Crippen molar-refractivity contribution in [3.05, 3.63) is 41.7 Å². The Kier molecular flexibility index (Phi) is 3.08. The molecule has 3 aromatic heterocycles. The molecular formula is C14H11N3O2S. The fraction of sp³-hybridized carbons (Fsp3) is 0.0714. The van der Waals surface area contributed by atoms with Crippen molar-refractivity contribution in [1.82, 2.24) is 9.97 Å². The van der Waals surface area contributed by atoms with Crippen molar-refractivity contribution in [2.75, 3.05) is 12.8 Å². The molecular weight excluding hydrogens is 274 g/mol. The van der Waals surface area contributed by atoms with E-state index < -0.39 is 5.97 Å². The van der Waals surface area contributed by atoms with Gasteiger partial charge in [-0.1, -0.05) is 0 Å². The monoisotopic (exact) mass is 285 g/mol. The number of ether oxygens (including phenoxy) is 1. The molecule has 3 heterocycles. The highest BCUT2D eigenvalue weighted by atomic mass is 32.1. The Balaban J connectivity index is 2.17. The molecule has 0 unspecified atom stereocenters. The van der Waals surface area contributed by atoms with Crippen molar-refractivity contribution in [1.29, 1.82) is 0 Å². The Morgan fingerprint density at radius 3 is 2.75 bits per heavy atom. The van der Waals surface area contributed by atoms with Gasteiger partial charge in [-0.2, -0.15) is 0 Å². The number of esters is 1. The van der Waals surface area contributed by atoms with Crippen molar-refractivity contribution < 1.29 is 9.53 Å². The Bertz CT molecular complexity index is 784. The first kappa shape index (κ1) is 12.6. The molecule has 0 aromatic carbocycles. The lowest BCUT2D eigenvalue weighted by Crippen LogP contribution is -2.01. The standard InChI is InChI=1S/C14H11N3O2S/c1-19-14(18)12-11(15)10-6-9(7-17-13(10)20-12)8-2-4-16-5-3-8/h2-7H,15H2,1H3. The molecule has 100 valence electrons. The fourth-order valence-corrected chi connectivity index (χ4v) is 2.91. The molecule has 3 aromatic rings. The average Bonchev–Trinajstić information content (AvgIpc) is 2.84. The molecule has 0 aliphatic carbocycles. The van der Waals surface area contributed by atoms with E-state index in [1.165, 1.54) is 18.4 Å². The summed E-state index contributed by atoms with van der Waals surface area (Å²) < 4.78 is 4.72. The van der Waals surface area contributed by atoms with Crippen LogP contribution in [0, 0.1) is 0 Å². The van der Waals surface area contributed by atoms with Crippen molar-refractivity contribution in [3.63, 3.8) is 0 Å². The van der Waals surface area contributed by atoms with Gasteiger partial charge in [-0.15, -0.1) is 11.3 Å². The highest BCUT2D eigenvalue weighted by Crippen LogP contribution is 2.34. The lowest BCUT2D eigenvalue weighted by atomic mass is 10.1. The first-order valence-electron chi connectivity index (χ1n) is 5.87. The van der Waals surface area contributed by atoms with E-state index in [2.05, 4.69) is 9.97 Å². The number of thiophene rings is 1. The van der Waals surface area contributed by atoms with Gasteiger partial charge in [0.15, 0.2) is 0 Å². The summed E-state index contributed by atoms with van der Waals surface area (Å²) in [5.74, 6) is -0.434. The third-order valence-electron chi connectivity index (χ3n) is 2.97. The molecule has 0 spiro atoms. The van der Waals surface area contributed by atoms with Gasteiger partial charge in [0.25, 0.3) is 0 Å². The van der Waals surface area contributed by atoms with Gasteiger partial charge in [0.1, 0.15) is 9.71 Å². The zero-order chi connectivity index (χ0) is 14.1. The largest absolute Gasteiger partial charge is 0.465 e. The Labute approximate surface area is 119 Å². The number of hydrogen-bond donors (Lipinski definition) is 1. The van der Waals surface area contributed by atoms with Gasteiger partial charge in [-0.3, -0.25) is 4.98 Å². The molecule has 3 rings (SSSR count). The number of anilines is 1. The maximum Gasteiger partial charge on any atom is 0.350 e. The molecule has 0 aliphatic heterocycles. The summed E-state index contributed by atoms with van der Waals surface area (Å²) in [4.78, 5) is 21.1. The van der Waals surface area contributed by atoms with Crippen LogP contribution >= 0.6 is 11.3 Å². The number of fused-ring (bicyclic) bond motifs is 1. The van der Waals surface area contributed by atoms with E-state index in [0.29, 0.717) is 10.6 Å². The van der Waals surface area contributed by atoms with Crippen LogP contribution in [-0.2, 0) is 4.74 Å². The highest BCUT2D eigenvalue weighted by molar-refractivity contribution is 7.21. The number of carbonyl (C=O) groups is 1. The second-order valence-corrected chi connectivity index (χ2v) is 5.15. The maximum absolute atomic E-state index is 11.6. The second kappa shape index (κ2) is 4.90. The third-order valence-corrected chi connectivity index (χ3v) is 4.08. The smallest absolute Gasteiger partial charge is 0.350 e. The summed E-state index contributed by atoms with van der Waals surface area (Å²) in [5, 5.41) is 0.768. The molecule has 2 N–H and O–H groups in total. The number of aromatic nitrogens is 2. The van der Waals surface area contributed by atoms with Gasteiger partial charge in [0.2, 0.25) is 0 Å². The van der Waals surface area contributed by atoms with Crippen molar-refractivity contribution in [3.8, 4) is 11.1 Å². The molecule has 5 nitrogen and oxygen atoms in total. The summed E-state index contributed by atoms with van der Waals surface area (Å²) in [6.07, 6.45) is 5.20. The van der Waals surface area contributed by atoms with Crippen LogP contribution in [0.15, 0.2) is 36.8 Å². The lowest BCUT2D eigenvalue weighted by Gasteiger charge is -2.01. The van der Waals surface area contributed by atoms with Crippen molar-refractivity contribution >= 4 is 33.2 Å². The van der Waals surface area contributed by atoms with E-state index in [1.54, 1.807) is 18.6 Å². The zero-order valence-corrected chi connectivity index (χ0v) is 11.5. The van der Waals surface area contributed by atoms with Crippen LogP contribution < -0.4 is 5.73 Å². The SMILES string of the molecule is COC(=O)c1sc2ncc(-c3ccncc3)cc2c1N. The number of hydrogen-bond acceptors (Lipinski definition) is 6. The molecule has 0 saturated heterocycles. The number of nitrogens with zero attached hydrogens (tertiary/aromatic N) is 2. The summed E-state index contributed by atoms with van der Waals surface area (Å²) in [6.45, 7) is 0. The number of nitrogens with two attached hydrogens (primary N) is 1. The van der Waals surface area contributed by atoms with E-state index in [-0.39, 0.29) is 0 Å². The Hall–Kier alpha value is -2.47. The van der Waals surface area contributed by atoms with Crippen LogP contribution in [0.2, 0.25) is 0 Å². The van der Waals surface area contributed by atoms with Crippen molar-refractivity contribution in [2.45, 2.75) is 0 Å². The van der Waals surface area contributed by atoms with E-state index in [1.807, 2.05) is 18.2 Å². The molecule has 0 bridgehead atoms. The van der Waals surface area contributed by atoms with E-state index in [9.17, 15) is 4.79 Å². The average molecular weight is 285 g/mol. The minimum Gasteiger partial charge on any atom is -0.465 e. The van der Waals surface area contributed by atoms with Crippen LogP contribution in [0.25, 0.3) is 21.3 Å². The fourth-order valence-electron chi connectivity index (χ4n) is 1.95. The van der Waals surface area contributed by atoms with Crippen LogP contribution in [-0.4, -0.2) is 23.0 Å². The number of pyridine rings is 2. The van der Waals surface area contributed by atoms with E-state index >= 15 is 0 Å². The minimum atomic E-state index is -0.434. The number of carbonyl (C=O) groups excluding carboxylic acids is 1. The van der Waals surface area contributed by atoms with Gasteiger partial charge in [-0.05, 0) is 23.8 Å². The normalized spacial score (nSPS) is 10.7. The van der Waals surface area contributed by atoms with Gasteiger partial charge >= 0.3 is 5.97 Å². The maximum atomic E-state index is 11.6. The molecule has 0 radical (unpaired) electrons. The summed E-state index contributed by atoms with van der Waals surface area (Å²) >= 11 is 1.24. The molecule has 0 atom stereocenters. The number of methoxy groups -OCH3 is 1. The van der Waals surface area contributed by atoms with Crippen LogP contribution in [0.4, 0.5) is 5.69 Å². The molecule has 0 amide bonds. The summed E-state index contributed by atoms with van der Waals surface area (Å²) in [5.41, 5.74) is 8.37. The van der Waals surface area contributed by atoms with Gasteiger partial charge in [-0.25, -0.2) is 9.78 Å². The second-order valence-electron chi connectivity index (χ2n) is 4.15. The van der Waals surface area contributed by atoms with E-state index in [4.69, 9.17) is 10.5 Å². The molecule has 20 heavy (non-hydrogen) atoms. The van der Waals surface area contributed by atoms with Gasteiger partial charge < -0.3 is 10.5 Å². The Morgan fingerprint density at radius 2 is 2.05 bits per heavy atom. The summed E-state index contributed by atoms with van der Waals surface area (Å²) in [6, 6.07) is 5.72. The van der Waals surface area contributed by atoms with Gasteiger partial charge in [0, 0.05) is 29.5 Å².